The van der Waals surface area contributed by atoms with E-state index in [0.717, 1.165) is 0 Å². The number of carboxylic acid groups (broad SMARTS) is 1. The Hall–Kier alpha value is -1.17. The van der Waals surface area contributed by atoms with Gasteiger partial charge in [-0.15, -0.1) is 0 Å². The molecule has 0 heterocycles. The second kappa shape index (κ2) is 6.08. The topological polar surface area (TPSA) is 46.5 Å². The molecule has 0 aromatic heterocycles. The number of hydrogen-bond donors (Lipinski definition) is 1. The predicted octanol–water partition coefficient (Wildman–Crippen LogP) is 4.44. The van der Waals surface area contributed by atoms with Crippen LogP contribution >= 0.6 is 15.9 Å². The molecule has 0 saturated heterocycles. The Morgan fingerprint density at radius 2 is 2.00 bits per heavy atom. The lowest BCUT2D eigenvalue weighted by atomic mass is 9.84. The van der Waals surface area contributed by atoms with Crippen LogP contribution in [0.4, 0.5) is 8.78 Å². The number of halogens is 3. The molecule has 0 aliphatic heterocycles. The lowest BCUT2D eigenvalue weighted by Gasteiger charge is -2.26. The second-order valence-electron chi connectivity index (χ2n) is 5.15. The molecular weight excluding hydrogens is 334 g/mol. The zero-order valence-electron chi connectivity index (χ0n) is 11.5. The fourth-order valence-electron chi connectivity index (χ4n) is 1.73. The average Bonchev–Trinajstić information content (AvgIpc) is 2.30. The van der Waals surface area contributed by atoms with Crippen LogP contribution in [0.1, 0.15) is 32.8 Å². The molecular formula is C14H17BrF2O3. The molecule has 1 rings (SSSR count). The molecule has 20 heavy (non-hydrogen) atoms. The summed E-state index contributed by atoms with van der Waals surface area (Å²) in [5.74, 6) is -4.00. The summed E-state index contributed by atoms with van der Waals surface area (Å²) in [4.78, 5) is 11.0. The minimum absolute atomic E-state index is 0.234. The van der Waals surface area contributed by atoms with Crippen LogP contribution in [0.2, 0.25) is 0 Å². The summed E-state index contributed by atoms with van der Waals surface area (Å²) in [7, 11) is 0. The van der Waals surface area contributed by atoms with Gasteiger partial charge >= 0.3 is 5.97 Å². The number of rotatable bonds is 6. The van der Waals surface area contributed by atoms with Crippen molar-refractivity contribution >= 4 is 21.9 Å². The SMILES string of the molecule is CCOc1ccc(C(F)(F)CC(C)(C)C(=O)O)cc1Br. The summed E-state index contributed by atoms with van der Waals surface area (Å²) >= 11 is 3.17. The van der Waals surface area contributed by atoms with E-state index in [1.54, 1.807) is 6.92 Å². The van der Waals surface area contributed by atoms with Crippen molar-refractivity contribution in [3.63, 3.8) is 0 Å². The molecule has 3 nitrogen and oxygen atoms in total. The molecule has 0 aliphatic rings. The predicted molar refractivity (Wildman–Crippen MR) is 75.2 cm³/mol. The first-order valence-corrected chi connectivity index (χ1v) is 6.93. The van der Waals surface area contributed by atoms with E-state index >= 15 is 0 Å². The van der Waals surface area contributed by atoms with Crippen LogP contribution in [-0.4, -0.2) is 17.7 Å². The smallest absolute Gasteiger partial charge is 0.309 e. The summed E-state index contributed by atoms with van der Waals surface area (Å²) < 4.78 is 34.0. The standard InChI is InChI=1S/C14H17BrF2O3/c1-4-20-11-6-5-9(7-10(11)15)14(16,17)8-13(2,3)12(18)19/h5-7H,4,8H2,1-3H3,(H,18,19). The molecule has 0 atom stereocenters. The molecule has 0 bridgehead atoms. The van der Waals surface area contributed by atoms with Gasteiger partial charge in [-0.1, -0.05) is 0 Å². The molecule has 0 fully saturated rings. The lowest BCUT2D eigenvalue weighted by Crippen LogP contribution is -2.31. The number of carboxylic acids is 1. The van der Waals surface area contributed by atoms with Crippen molar-refractivity contribution < 1.29 is 23.4 Å². The molecule has 0 spiro atoms. The van der Waals surface area contributed by atoms with Crippen LogP contribution in [0.15, 0.2) is 22.7 Å². The van der Waals surface area contributed by atoms with Gasteiger partial charge in [-0.2, -0.15) is 0 Å². The molecule has 0 aliphatic carbocycles. The maximum absolute atomic E-state index is 14.2. The Balaban J connectivity index is 3.04. The van der Waals surface area contributed by atoms with E-state index in [0.29, 0.717) is 16.8 Å². The lowest BCUT2D eigenvalue weighted by molar-refractivity contribution is -0.153. The van der Waals surface area contributed by atoms with Gasteiger partial charge in [0.1, 0.15) is 5.75 Å². The minimum Gasteiger partial charge on any atom is -0.493 e. The minimum atomic E-state index is -3.23. The van der Waals surface area contributed by atoms with Gasteiger partial charge in [-0.3, -0.25) is 4.79 Å². The Bertz CT molecular complexity index is 501. The van der Waals surface area contributed by atoms with E-state index in [1.165, 1.54) is 32.0 Å². The highest BCUT2D eigenvalue weighted by molar-refractivity contribution is 9.10. The largest absolute Gasteiger partial charge is 0.493 e. The first-order chi connectivity index (χ1) is 9.10. The molecule has 1 aromatic rings. The van der Waals surface area contributed by atoms with Crippen molar-refractivity contribution in [3.8, 4) is 5.75 Å². The van der Waals surface area contributed by atoms with Crippen molar-refractivity contribution in [2.45, 2.75) is 33.1 Å². The molecule has 112 valence electrons. The fourth-order valence-corrected chi connectivity index (χ4v) is 2.23. The van der Waals surface area contributed by atoms with Crippen LogP contribution < -0.4 is 4.74 Å². The number of carbonyl (C=O) groups is 1. The molecule has 0 unspecified atom stereocenters. The van der Waals surface area contributed by atoms with Crippen LogP contribution in [0.3, 0.4) is 0 Å². The maximum Gasteiger partial charge on any atom is 0.309 e. The monoisotopic (exact) mass is 350 g/mol. The first-order valence-electron chi connectivity index (χ1n) is 6.14. The number of hydrogen-bond acceptors (Lipinski definition) is 2. The summed E-state index contributed by atoms with van der Waals surface area (Å²) in [6.45, 7) is 4.80. The van der Waals surface area contributed by atoms with Gasteiger partial charge < -0.3 is 9.84 Å². The summed E-state index contributed by atoms with van der Waals surface area (Å²) in [5.41, 5.74) is -1.74. The Kier molecular flexibility index (Phi) is 5.13. The second-order valence-corrected chi connectivity index (χ2v) is 6.00. The van der Waals surface area contributed by atoms with Crippen molar-refractivity contribution in [1.82, 2.24) is 0 Å². The van der Waals surface area contributed by atoms with Crippen molar-refractivity contribution in [1.29, 1.82) is 0 Å². The number of benzene rings is 1. The molecule has 6 heteroatoms. The Morgan fingerprint density at radius 1 is 1.40 bits per heavy atom. The van der Waals surface area contributed by atoms with Crippen molar-refractivity contribution in [3.05, 3.63) is 28.2 Å². The summed E-state index contributed by atoms with van der Waals surface area (Å²) in [6, 6.07) is 3.97. The molecule has 1 aromatic carbocycles. The van der Waals surface area contributed by atoms with Gasteiger partial charge in [0, 0.05) is 12.0 Å². The van der Waals surface area contributed by atoms with E-state index in [2.05, 4.69) is 15.9 Å². The van der Waals surface area contributed by atoms with Crippen LogP contribution in [0.25, 0.3) is 0 Å². The highest BCUT2D eigenvalue weighted by atomic mass is 79.9. The molecule has 0 radical (unpaired) electrons. The third kappa shape index (κ3) is 3.91. The third-order valence-corrected chi connectivity index (χ3v) is 3.52. The zero-order valence-corrected chi connectivity index (χ0v) is 13.1. The number of ether oxygens (including phenoxy) is 1. The van der Waals surface area contributed by atoms with Crippen LogP contribution in [0, 0.1) is 5.41 Å². The van der Waals surface area contributed by atoms with E-state index in [1.807, 2.05) is 0 Å². The fraction of sp³-hybridized carbons (Fsp3) is 0.500. The molecule has 0 amide bonds. The number of aliphatic carboxylic acids is 1. The van der Waals surface area contributed by atoms with Gasteiger partial charge in [-0.25, -0.2) is 8.78 Å². The van der Waals surface area contributed by atoms with Gasteiger partial charge in [0.05, 0.1) is 16.5 Å². The highest BCUT2D eigenvalue weighted by Crippen LogP contribution is 2.41. The Labute approximate surface area is 125 Å². The molecule has 0 saturated carbocycles. The normalized spacial score (nSPS) is 12.3. The van der Waals surface area contributed by atoms with Crippen LogP contribution in [-0.2, 0) is 10.7 Å². The maximum atomic E-state index is 14.2. The van der Waals surface area contributed by atoms with E-state index in [-0.39, 0.29) is 5.56 Å². The quantitative estimate of drug-likeness (QED) is 0.824. The average molecular weight is 351 g/mol. The van der Waals surface area contributed by atoms with Gasteiger partial charge in [0.15, 0.2) is 0 Å². The van der Waals surface area contributed by atoms with E-state index < -0.39 is 23.7 Å². The summed E-state index contributed by atoms with van der Waals surface area (Å²) in [5, 5.41) is 8.96. The van der Waals surface area contributed by atoms with Gasteiger partial charge in [0.25, 0.3) is 5.92 Å². The van der Waals surface area contributed by atoms with E-state index in [4.69, 9.17) is 9.84 Å². The summed E-state index contributed by atoms with van der Waals surface area (Å²) in [6.07, 6.45) is -0.768. The van der Waals surface area contributed by atoms with Gasteiger partial charge in [0.2, 0.25) is 0 Å². The molecule has 1 N–H and O–H groups in total. The number of alkyl halides is 2. The highest BCUT2D eigenvalue weighted by Gasteiger charge is 2.42. The third-order valence-electron chi connectivity index (χ3n) is 2.90. The van der Waals surface area contributed by atoms with Crippen LogP contribution in [0.5, 0.6) is 5.75 Å². The zero-order chi connectivity index (χ0) is 15.6. The van der Waals surface area contributed by atoms with Crippen molar-refractivity contribution in [2.75, 3.05) is 6.61 Å². The van der Waals surface area contributed by atoms with Gasteiger partial charge in [-0.05, 0) is 54.9 Å². The Morgan fingerprint density at radius 3 is 2.45 bits per heavy atom. The first kappa shape index (κ1) is 16.9. The van der Waals surface area contributed by atoms with Crippen molar-refractivity contribution in [2.24, 2.45) is 5.41 Å². The van der Waals surface area contributed by atoms with E-state index in [9.17, 15) is 13.6 Å².